The fourth-order valence-corrected chi connectivity index (χ4v) is 5.19. The van der Waals surface area contributed by atoms with E-state index in [-0.39, 0.29) is 15.9 Å². The lowest BCUT2D eigenvalue weighted by Crippen LogP contribution is -2.47. The first-order chi connectivity index (χ1) is 13.3. The first kappa shape index (κ1) is 21.0. The van der Waals surface area contributed by atoms with Crippen molar-refractivity contribution in [2.45, 2.75) is 29.0 Å². The Hall–Kier alpha value is -1.74. The van der Waals surface area contributed by atoms with E-state index in [1.807, 2.05) is 45.2 Å². The van der Waals surface area contributed by atoms with Crippen molar-refractivity contribution < 1.29 is 13.2 Å². The summed E-state index contributed by atoms with van der Waals surface area (Å²) >= 11 is 1.33. The fraction of sp³-hybridized carbons (Fsp3) is 0.400. The molecule has 1 aliphatic heterocycles. The molecule has 0 spiro atoms. The Kier molecular flexibility index (Phi) is 6.54. The third-order valence-electron chi connectivity index (χ3n) is 4.81. The number of hydrogen-bond acceptors (Lipinski definition) is 6. The van der Waals surface area contributed by atoms with Crippen LogP contribution in [0.15, 0.2) is 52.5 Å². The summed E-state index contributed by atoms with van der Waals surface area (Å²) in [5.41, 5.74) is 1.77. The first-order valence-corrected chi connectivity index (χ1v) is 11.5. The van der Waals surface area contributed by atoms with Gasteiger partial charge in [-0.25, -0.2) is 13.4 Å². The summed E-state index contributed by atoms with van der Waals surface area (Å²) in [4.78, 5) is 19.1. The molecule has 6 nitrogen and oxygen atoms in total. The molecule has 1 saturated heterocycles. The molecule has 1 aromatic carbocycles. The Morgan fingerprint density at radius 1 is 1.07 bits per heavy atom. The normalized spacial score (nSPS) is 17.4. The summed E-state index contributed by atoms with van der Waals surface area (Å²) in [6.07, 6.45) is 1.39. The molecule has 0 saturated carbocycles. The summed E-state index contributed by atoms with van der Waals surface area (Å²) in [7, 11) is -1.54. The van der Waals surface area contributed by atoms with Gasteiger partial charge in [-0.1, -0.05) is 41.6 Å². The van der Waals surface area contributed by atoms with Crippen molar-refractivity contribution in [2.24, 2.45) is 0 Å². The van der Waals surface area contributed by atoms with Gasteiger partial charge in [0.25, 0.3) is 0 Å². The number of hydrogen-bond donors (Lipinski definition) is 0. The molecule has 8 heteroatoms. The molecule has 0 bridgehead atoms. The number of aromatic nitrogens is 1. The highest BCUT2D eigenvalue weighted by molar-refractivity contribution is 8.00. The van der Waals surface area contributed by atoms with Crippen LogP contribution in [0.1, 0.15) is 22.8 Å². The van der Waals surface area contributed by atoms with Crippen LogP contribution in [0, 0.1) is 6.92 Å². The Balaban J connectivity index is 1.67. The van der Waals surface area contributed by atoms with Gasteiger partial charge in [-0.15, -0.1) is 0 Å². The minimum atomic E-state index is -3.53. The van der Waals surface area contributed by atoms with Crippen LogP contribution in [0.3, 0.4) is 0 Å². The largest absolute Gasteiger partial charge is 0.304 e. The van der Waals surface area contributed by atoms with E-state index >= 15 is 0 Å². The van der Waals surface area contributed by atoms with E-state index in [1.165, 1.54) is 22.3 Å². The van der Waals surface area contributed by atoms with Gasteiger partial charge in [0, 0.05) is 37.9 Å². The molecule has 3 rings (SSSR count). The summed E-state index contributed by atoms with van der Waals surface area (Å²) < 4.78 is 27.0. The number of sulfonamides is 1. The van der Waals surface area contributed by atoms with Gasteiger partial charge in [0.2, 0.25) is 10.0 Å². The standard InChI is InChI=1S/C20H25N3O3S2/c1-15-4-6-17(7-5-15)20(24)16(2)27-19-9-8-18(14-21-19)28(25,26)23-12-10-22(3)11-13-23/h4-9,14,16H,10-13H2,1-3H3. The number of pyridine rings is 1. The summed E-state index contributed by atoms with van der Waals surface area (Å²) in [5, 5.41) is 0.320. The van der Waals surface area contributed by atoms with E-state index in [0.717, 1.165) is 18.7 Å². The highest BCUT2D eigenvalue weighted by Gasteiger charge is 2.27. The Morgan fingerprint density at radius 2 is 1.71 bits per heavy atom. The molecule has 1 aromatic heterocycles. The van der Waals surface area contributed by atoms with E-state index < -0.39 is 10.0 Å². The van der Waals surface area contributed by atoms with Gasteiger partial charge >= 0.3 is 0 Å². The monoisotopic (exact) mass is 419 g/mol. The van der Waals surface area contributed by atoms with Crippen molar-refractivity contribution in [1.29, 1.82) is 0 Å². The number of Topliss-reactive ketones (excluding diaryl/α,β-unsaturated/α-hetero) is 1. The number of benzene rings is 1. The van der Waals surface area contributed by atoms with Gasteiger partial charge in [0.05, 0.1) is 10.3 Å². The third kappa shape index (κ3) is 4.81. The van der Waals surface area contributed by atoms with E-state index in [0.29, 0.717) is 23.7 Å². The zero-order valence-corrected chi connectivity index (χ0v) is 18.0. The van der Waals surface area contributed by atoms with Gasteiger partial charge in [-0.3, -0.25) is 4.79 Å². The second kappa shape index (κ2) is 8.73. The van der Waals surface area contributed by atoms with Gasteiger partial charge in [0.15, 0.2) is 5.78 Å². The molecule has 28 heavy (non-hydrogen) atoms. The number of ketones is 1. The zero-order chi connectivity index (χ0) is 20.3. The second-order valence-electron chi connectivity index (χ2n) is 7.03. The van der Waals surface area contributed by atoms with E-state index in [1.54, 1.807) is 12.1 Å². The molecular formula is C20H25N3O3S2. The SMILES string of the molecule is Cc1ccc(C(=O)C(C)Sc2ccc(S(=O)(=O)N3CCN(C)CC3)cn2)cc1. The topological polar surface area (TPSA) is 70.6 Å². The predicted molar refractivity (Wildman–Crippen MR) is 111 cm³/mol. The first-order valence-electron chi connectivity index (χ1n) is 9.19. The molecule has 0 radical (unpaired) electrons. The average molecular weight is 420 g/mol. The van der Waals surface area contributed by atoms with Crippen molar-refractivity contribution in [2.75, 3.05) is 33.2 Å². The van der Waals surface area contributed by atoms with Gasteiger partial charge in [-0.2, -0.15) is 4.31 Å². The highest BCUT2D eigenvalue weighted by atomic mass is 32.2. The maximum Gasteiger partial charge on any atom is 0.244 e. The van der Waals surface area contributed by atoms with Gasteiger partial charge in [0.1, 0.15) is 4.90 Å². The lowest BCUT2D eigenvalue weighted by atomic mass is 10.1. The van der Waals surface area contributed by atoms with Crippen LogP contribution >= 0.6 is 11.8 Å². The molecule has 0 amide bonds. The number of carbonyl (C=O) groups is 1. The summed E-state index contributed by atoms with van der Waals surface area (Å²) in [6, 6.07) is 10.7. The lowest BCUT2D eigenvalue weighted by Gasteiger charge is -2.31. The van der Waals surface area contributed by atoms with Crippen LogP contribution in [-0.2, 0) is 10.0 Å². The molecule has 1 unspecified atom stereocenters. The third-order valence-corrected chi connectivity index (χ3v) is 7.74. The molecule has 1 atom stereocenters. The summed E-state index contributed by atoms with van der Waals surface area (Å²) in [6.45, 7) is 6.23. The maximum absolute atomic E-state index is 12.8. The van der Waals surface area contributed by atoms with Crippen LogP contribution in [0.2, 0.25) is 0 Å². The number of aryl methyl sites for hydroxylation is 1. The van der Waals surface area contributed by atoms with E-state index in [9.17, 15) is 13.2 Å². The lowest BCUT2D eigenvalue weighted by molar-refractivity contribution is 0.0994. The molecule has 1 fully saturated rings. The second-order valence-corrected chi connectivity index (χ2v) is 10.3. The van der Waals surface area contributed by atoms with Crippen molar-refractivity contribution in [3.05, 3.63) is 53.7 Å². The van der Waals surface area contributed by atoms with Crippen LogP contribution < -0.4 is 0 Å². The van der Waals surface area contributed by atoms with Crippen LogP contribution in [0.4, 0.5) is 0 Å². The minimum Gasteiger partial charge on any atom is -0.304 e. The molecule has 150 valence electrons. The number of thioether (sulfide) groups is 1. The average Bonchev–Trinajstić information content (AvgIpc) is 2.69. The molecule has 1 aliphatic rings. The van der Waals surface area contributed by atoms with Crippen molar-refractivity contribution in [3.8, 4) is 0 Å². The van der Waals surface area contributed by atoms with E-state index in [2.05, 4.69) is 9.88 Å². The highest BCUT2D eigenvalue weighted by Crippen LogP contribution is 2.26. The van der Waals surface area contributed by atoms with E-state index in [4.69, 9.17) is 0 Å². The van der Waals surface area contributed by atoms with Gasteiger partial charge < -0.3 is 4.90 Å². The van der Waals surface area contributed by atoms with Crippen molar-refractivity contribution in [1.82, 2.24) is 14.2 Å². The molecule has 2 heterocycles. The molecule has 0 aliphatic carbocycles. The Morgan fingerprint density at radius 3 is 2.29 bits per heavy atom. The molecular weight excluding hydrogens is 394 g/mol. The predicted octanol–water partition coefficient (Wildman–Crippen LogP) is 2.69. The van der Waals surface area contributed by atoms with Crippen LogP contribution in [0.5, 0.6) is 0 Å². The van der Waals surface area contributed by atoms with Gasteiger partial charge in [-0.05, 0) is 33.0 Å². The van der Waals surface area contributed by atoms with Crippen LogP contribution in [-0.4, -0.2) is 66.9 Å². The fourth-order valence-electron chi connectivity index (χ4n) is 2.95. The minimum absolute atomic E-state index is 0.0286. The molecule has 0 N–H and O–H groups in total. The van der Waals surface area contributed by atoms with Crippen molar-refractivity contribution >= 4 is 27.6 Å². The van der Waals surface area contributed by atoms with Crippen molar-refractivity contribution in [3.63, 3.8) is 0 Å². The smallest absolute Gasteiger partial charge is 0.244 e. The number of rotatable bonds is 6. The molecule has 2 aromatic rings. The number of piperazine rings is 1. The number of likely N-dealkylation sites (N-methyl/N-ethyl adjacent to an activating group) is 1. The zero-order valence-electron chi connectivity index (χ0n) is 16.3. The maximum atomic E-state index is 12.8. The Labute approximate surface area is 171 Å². The number of carbonyl (C=O) groups excluding carboxylic acids is 1. The number of nitrogens with zero attached hydrogens (tertiary/aromatic N) is 3. The van der Waals surface area contributed by atoms with Crippen LogP contribution in [0.25, 0.3) is 0 Å². The summed E-state index contributed by atoms with van der Waals surface area (Å²) in [5.74, 6) is 0.0286. The Bertz CT molecular complexity index is 920. The quantitative estimate of drug-likeness (QED) is 0.530.